The van der Waals surface area contributed by atoms with Crippen LogP contribution in [-0.2, 0) is 17.8 Å². The first kappa shape index (κ1) is 24.5. The number of nitrogens with zero attached hydrogens (tertiary/aromatic N) is 5. The maximum atomic E-state index is 12.4. The Labute approximate surface area is 216 Å². The molecule has 9 heteroatoms. The van der Waals surface area contributed by atoms with Crippen LogP contribution in [0.15, 0.2) is 53.6 Å². The van der Waals surface area contributed by atoms with Crippen LogP contribution in [0.1, 0.15) is 48.0 Å². The molecule has 1 amide bonds. The number of carbonyl (C=O) groups is 1. The number of carbonyl (C=O) groups excluding carboxylic acids is 1. The number of hydrogen-bond acceptors (Lipinski definition) is 6. The van der Waals surface area contributed by atoms with Crippen LogP contribution >= 0.6 is 0 Å². The lowest BCUT2D eigenvalue weighted by Gasteiger charge is -2.19. The van der Waals surface area contributed by atoms with E-state index in [2.05, 4.69) is 59.4 Å². The second-order valence-electron chi connectivity index (χ2n) is 9.42. The summed E-state index contributed by atoms with van der Waals surface area (Å²) in [7, 11) is 0. The van der Waals surface area contributed by atoms with Gasteiger partial charge < -0.3 is 15.2 Å². The molecule has 0 aliphatic carbocycles. The Morgan fingerprint density at radius 2 is 1.89 bits per heavy atom. The Bertz CT molecular complexity index is 1500. The first-order valence-corrected chi connectivity index (χ1v) is 12.6. The molecule has 0 spiro atoms. The van der Waals surface area contributed by atoms with Crippen molar-refractivity contribution in [3.8, 4) is 11.1 Å². The van der Waals surface area contributed by atoms with Crippen molar-refractivity contribution in [2.24, 2.45) is 16.7 Å². The summed E-state index contributed by atoms with van der Waals surface area (Å²) in [4.78, 5) is 23.8. The summed E-state index contributed by atoms with van der Waals surface area (Å²) in [5.41, 5.74) is 17.1. The fraction of sp³-hybridized carbons (Fsp3) is 0.286. The summed E-state index contributed by atoms with van der Waals surface area (Å²) < 4.78 is 2.20. The number of aromatic nitrogens is 3. The lowest BCUT2D eigenvalue weighted by atomic mass is 9.97. The molecule has 190 valence electrons. The number of amidine groups is 1. The van der Waals surface area contributed by atoms with Crippen LogP contribution in [0.4, 0.5) is 5.69 Å². The van der Waals surface area contributed by atoms with Gasteiger partial charge in [0.15, 0.2) is 11.5 Å². The van der Waals surface area contributed by atoms with Crippen LogP contribution in [0.2, 0.25) is 0 Å². The zero-order valence-corrected chi connectivity index (χ0v) is 21.5. The summed E-state index contributed by atoms with van der Waals surface area (Å²) in [6.07, 6.45) is 2.26. The number of imidazole rings is 1. The quantitative estimate of drug-likeness (QED) is 0.155. The third-order valence-electron chi connectivity index (χ3n) is 6.87. The fourth-order valence-electron chi connectivity index (χ4n) is 5.07. The molecule has 1 aliphatic heterocycles. The molecular formula is C28H32N8O. The van der Waals surface area contributed by atoms with Gasteiger partial charge in [0.25, 0.3) is 0 Å². The average Bonchev–Trinajstić information content (AvgIpc) is 3.47. The van der Waals surface area contributed by atoms with Gasteiger partial charge in [0, 0.05) is 36.3 Å². The molecule has 0 bridgehead atoms. The maximum Gasteiger partial charge on any atom is 0.227 e. The number of rotatable bonds is 7. The fourth-order valence-corrected chi connectivity index (χ4v) is 5.07. The summed E-state index contributed by atoms with van der Waals surface area (Å²) in [6.45, 7) is 7.60. The summed E-state index contributed by atoms with van der Waals surface area (Å²) >= 11 is 0. The van der Waals surface area contributed by atoms with E-state index >= 15 is 0 Å². The van der Waals surface area contributed by atoms with E-state index < -0.39 is 0 Å². The van der Waals surface area contributed by atoms with Crippen molar-refractivity contribution in [3.05, 3.63) is 76.7 Å². The highest BCUT2D eigenvalue weighted by molar-refractivity contribution is 6.05. The van der Waals surface area contributed by atoms with E-state index in [1.165, 1.54) is 0 Å². The highest BCUT2D eigenvalue weighted by Gasteiger charge is 2.23. The number of anilines is 1. The number of fused-ring (bicyclic) bond motifs is 1. The standard InChI is InChI=1S/C28H32N8O/c1-4-24-32-26-17(2)14-18(3)31-28(26)36(24)16-19-7-9-20(10-8-19)23-15-21(35-13-5-6-25(35)37)11-12-22(23)27(29)33-34-30/h7-12,14-15,34H,4-6,13,16,30H2,1-3H3,(H2,29,33). The molecule has 0 unspecified atom stereocenters. The number of amides is 1. The average molecular weight is 497 g/mol. The zero-order valence-electron chi connectivity index (χ0n) is 21.5. The van der Waals surface area contributed by atoms with Gasteiger partial charge >= 0.3 is 0 Å². The number of pyridine rings is 1. The third-order valence-corrected chi connectivity index (χ3v) is 6.87. The smallest absolute Gasteiger partial charge is 0.227 e. The van der Waals surface area contributed by atoms with Crippen LogP contribution in [0.3, 0.4) is 0 Å². The molecule has 5 N–H and O–H groups in total. The first-order valence-electron chi connectivity index (χ1n) is 12.6. The van der Waals surface area contributed by atoms with Crippen LogP contribution in [-0.4, -0.2) is 32.8 Å². The Morgan fingerprint density at radius 1 is 1.11 bits per heavy atom. The molecule has 3 heterocycles. The molecule has 37 heavy (non-hydrogen) atoms. The van der Waals surface area contributed by atoms with Crippen LogP contribution in [0.5, 0.6) is 0 Å². The van der Waals surface area contributed by atoms with Crippen molar-refractivity contribution in [1.82, 2.24) is 20.1 Å². The predicted molar refractivity (Wildman–Crippen MR) is 147 cm³/mol. The monoisotopic (exact) mass is 496 g/mol. The molecular weight excluding hydrogens is 464 g/mol. The summed E-state index contributed by atoms with van der Waals surface area (Å²) in [5.74, 6) is 6.81. The van der Waals surface area contributed by atoms with Gasteiger partial charge in [0.1, 0.15) is 11.3 Å². The number of hydrazine groups is 1. The molecule has 1 aliphatic rings. The Kier molecular flexibility index (Phi) is 6.62. The van der Waals surface area contributed by atoms with E-state index in [4.69, 9.17) is 21.5 Å². The number of aryl methyl sites for hydroxylation is 3. The van der Waals surface area contributed by atoms with Gasteiger partial charge in [-0.25, -0.2) is 21.3 Å². The first-order chi connectivity index (χ1) is 17.9. The molecule has 1 saturated heterocycles. The van der Waals surface area contributed by atoms with Gasteiger partial charge in [-0.3, -0.25) is 4.79 Å². The van der Waals surface area contributed by atoms with Gasteiger partial charge in [0.2, 0.25) is 5.91 Å². The van der Waals surface area contributed by atoms with Gasteiger partial charge in [-0.15, -0.1) is 5.10 Å². The van der Waals surface area contributed by atoms with Crippen molar-refractivity contribution in [2.75, 3.05) is 11.4 Å². The minimum absolute atomic E-state index is 0.137. The van der Waals surface area contributed by atoms with Gasteiger partial charge in [0.05, 0.1) is 6.54 Å². The Balaban J connectivity index is 1.52. The lowest BCUT2D eigenvalue weighted by Crippen LogP contribution is -2.25. The third kappa shape index (κ3) is 4.65. The number of benzene rings is 2. The minimum Gasteiger partial charge on any atom is -0.382 e. The normalized spacial score (nSPS) is 14.1. The van der Waals surface area contributed by atoms with Gasteiger partial charge in [-0.2, -0.15) is 0 Å². The van der Waals surface area contributed by atoms with Gasteiger partial charge in [-0.05, 0) is 66.8 Å². The molecule has 0 atom stereocenters. The SMILES string of the molecule is CCc1nc2c(C)cc(C)nc2n1Cc1ccc(-c2cc(N3CCCC3=O)ccc2/C(N)=N/NN)cc1. The van der Waals surface area contributed by atoms with Crippen molar-refractivity contribution >= 4 is 28.6 Å². The highest BCUT2D eigenvalue weighted by Crippen LogP contribution is 2.31. The molecule has 4 aromatic rings. The topological polar surface area (TPSA) is 127 Å². The van der Waals surface area contributed by atoms with Crippen molar-refractivity contribution in [1.29, 1.82) is 0 Å². The van der Waals surface area contributed by atoms with E-state index in [0.29, 0.717) is 13.0 Å². The predicted octanol–water partition coefficient (Wildman–Crippen LogP) is 3.54. The van der Waals surface area contributed by atoms with Crippen LogP contribution in [0.25, 0.3) is 22.3 Å². The number of nitrogens with two attached hydrogens (primary N) is 2. The molecule has 5 rings (SSSR count). The molecule has 2 aromatic heterocycles. The van der Waals surface area contributed by atoms with E-state index in [0.717, 1.165) is 75.6 Å². The largest absolute Gasteiger partial charge is 0.382 e. The zero-order chi connectivity index (χ0) is 26.1. The van der Waals surface area contributed by atoms with E-state index in [9.17, 15) is 4.79 Å². The van der Waals surface area contributed by atoms with Crippen molar-refractivity contribution < 1.29 is 4.79 Å². The minimum atomic E-state index is 0.137. The number of hydrogen-bond donors (Lipinski definition) is 3. The van der Waals surface area contributed by atoms with Crippen molar-refractivity contribution in [3.63, 3.8) is 0 Å². The molecule has 0 radical (unpaired) electrons. The highest BCUT2D eigenvalue weighted by atomic mass is 16.2. The van der Waals surface area contributed by atoms with E-state index in [1.54, 1.807) is 0 Å². The van der Waals surface area contributed by atoms with Crippen molar-refractivity contribution in [2.45, 2.75) is 46.6 Å². The maximum absolute atomic E-state index is 12.4. The molecule has 1 fully saturated rings. The lowest BCUT2D eigenvalue weighted by molar-refractivity contribution is -0.117. The summed E-state index contributed by atoms with van der Waals surface area (Å²) in [6, 6.07) is 16.2. The van der Waals surface area contributed by atoms with E-state index in [1.807, 2.05) is 30.0 Å². The van der Waals surface area contributed by atoms with E-state index in [-0.39, 0.29) is 11.7 Å². The molecule has 0 saturated carbocycles. The van der Waals surface area contributed by atoms with Gasteiger partial charge in [-0.1, -0.05) is 31.2 Å². The second-order valence-corrected chi connectivity index (χ2v) is 9.42. The summed E-state index contributed by atoms with van der Waals surface area (Å²) in [5, 5.41) is 3.98. The van der Waals surface area contributed by atoms with Crippen LogP contribution in [0, 0.1) is 13.8 Å². The molecule has 2 aromatic carbocycles. The Hall–Kier alpha value is -4.24. The second kappa shape index (κ2) is 10.0. The number of nitrogens with one attached hydrogen (secondary N) is 1. The number of hydrazone groups is 1. The van der Waals surface area contributed by atoms with Crippen LogP contribution < -0.4 is 22.0 Å². The Morgan fingerprint density at radius 3 is 2.57 bits per heavy atom. The molecule has 9 nitrogen and oxygen atoms in total.